The second-order valence-electron chi connectivity index (χ2n) is 2.32. The zero-order valence-corrected chi connectivity index (χ0v) is 9.94. The SMILES string of the molecule is COc1cc(Cl)nc(Sc2nncs2)n1. The van der Waals surface area contributed by atoms with Crippen LogP contribution in [0, 0.1) is 0 Å². The summed E-state index contributed by atoms with van der Waals surface area (Å²) in [6, 6.07) is 1.55. The summed E-state index contributed by atoms with van der Waals surface area (Å²) in [5, 5.41) is 8.41. The van der Waals surface area contributed by atoms with E-state index in [1.54, 1.807) is 11.6 Å². The molecule has 0 atom stereocenters. The highest BCUT2D eigenvalue weighted by atomic mass is 35.5. The van der Waals surface area contributed by atoms with Gasteiger partial charge in [0.2, 0.25) is 5.88 Å². The Labute approximate surface area is 98.9 Å². The normalized spacial score (nSPS) is 10.3. The van der Waals surface area contributed by atoms with Gasteiger partial charge in [-0.15, -0.1) is 10.2 Å². The first-order valence-corrected chi connectivity index (χ1v) is 5.88. The summed E-state index contributed by atoms with van der Waals surface area (Å²) in [5.41, 5.74) is 1.64. The lowest BCUT2D eigenvalue weighted by atomic mass is 10.6. The molecule has 0 saturated carbocycles. The Hall–Kier alpha value is -0.920. The van der Waals surface area contributed by atoms with Crippen molar-refractivity contribution in [3.05, 3.63) is 16.7 Å². The van der Waals surface area contributed by atoms with Gasteiger partial charge in [0.05, 0.1) is 7.11 Å². The second-order valence-corrected chi connectivity index (χ2v) is 4.76. The van der Waals surface area contributed by atoms with E-state index >= 15 is 0 Å². The first-order chi connectivity index (χ1) is 7.28. The summed E-state index contributed by atoms with van der Waals surface area (Å²) in [4.78, 5) is 8.14. The second kappa shape index (κ2) is 4.73. The van der Waals surface area contributed by atoms with Gasteiger partial charge in [-0.25, -0.2) is 4.98 Å². The van der Waals surface area contributed by atoms with Crippen LogP contribution in [-0.2, 0) is 0 Å². The van der Waals surface area contributed by atoms with Crippen LogP contribution >= 0.6 is 34.7 Å². The number of rotatable bonds is 3. The van der Waals surface area contributed by atoms with Crippen molar-refractivity contribution in [3.63, 3.8) is 0 Å². The molecule has 2 heterocycles. The largest absolute Gasteiger partial charge is 0.481 e. The molecule has 2 rings (SSSR count). The van der Waals surface area contributed by atoms with E-state index in [-0.39, 0.29) is 0 Å². The quantitative estimate of drug-likeness (QED) is 0.622. The molecular weight excluding hydrogens is 256 g/mol. The molecule has 5 nitrogen and oxygen atoms in total. The molecule has 0 unspecified atom stereocenters. The van der Waals surface area contributed by atoms with Crippen molar-refractivity contribution in [2.45, 2.75) is 9.50 Å². The van der Waals surface area contributed by atoms with Gasteiger partial charge in [0.15, 0.2) is 9.50 Å². The van der Waals surface area contributed by atoms with E-state index in [2.05, 4.69) is 20.2 Å². The van der Waals surface area contributed by atoms with Crippen LogP contribution in [-0.4, -0.2) is 27.3 Å². The Morgan fingerprint density at radius 3 is 3.00 bits per heavy atom. The summed E-state index contributed by atoms with van der Waals surface area (Å²) >= 11 is 8.50. The Balaban J connectivity index is 2.24. The average molecular weight is 261 g/mol. The number of methoxy groups -OCH3 is 1. The van der Waals surface area contributed by atoms with Crippen LogP contribution in [0.4, 0.5) is 0 Å². The zero-order chi connectivity index (χ0) is 10.7. The van der Waals surface area contributed by atoms with E-state index in [0.717, 1.165) is 4.34 Å². The first kappa shape index (κ1) is 10.6. The topological polar surface area (TPSA) is 60.8 Å². The lowest BCUT2D eigenvalue weighted by Gasteiger charge is -2.01. The molecule has 0 aliphatic heterocycles. The minimum atomic E-state index is 0.342. The number of halogens is 1. The van der Waals surface area contributed by atoms with Gasteiger partial charge in [-0.2, -0.15) is 4.98 Å². The van der Waals surface area contributed by atoms with Gasteiger partial charge in [0.1, 0.15) is 10.7 Å². The van der Waals surface area contributed by atoms with E-state index in [4.69, 9.17) is 16.3 Å². The van der Waals surface area contributed by atoms with Crippen molar-refractivity contribution >= 4 is 34.7 Å². The zero-order valence-electron chi connectivity index (χ0n) is 7.55. The highest BCUT2D eigenvalue weighted by Gasteiger charge is 2.07. The van der Waals surface area contributed by atoms with Crippen LogP contribution < -0.4 is 4.74 Å². The van der Waals surface area contributed by atoms with Gasteiger partial charge < -0.3 is 4.74 Å². The fourth-order valence-electron chi connectivity index (χ4n) is 0.813. The van der Waals surface area contributed by atoms with E-state index in [1.165, 1.54) is 30.2 Å². The predicted octanol–water partition coefficient (Wildman–Crippen LogP) is 2.14. The third kappa shape index (κ3) is 2.77. The highest BCUT2D eigenvalue weighted by molar-refractivity contribution is 8.00. The Bertz CT molecular complexity index is 450. The standard InChI is InChI=1S/C7H5ClN4OS2/c1-13-5-2-4(8)10-6(11-5)15-7-12-9-3-14-7/h2-3H,1H3. The maximum Gasteiger partial charge on any atom is 0.218 e. The summed E-state index contributed by atoms with van der Waals surface area (Å²) in [6.45, 7) is 0. The number of ether oxygens (including phenoxy) is 1. The molecule has 0 N–H and O–H groups in total. The average Bonchev–Trinajstić information content (AvgIpc) is 2.69. The molecule has 0 radical (unpaired) electrons. The van der Waals surface area contributed by atoms with Crippen molar-refractivity contribution in [3.8, 4) is 5.88 Å². The summed E-state index contributed by atoms with van der Waals surface area (Å²) in [7, 11) is 1.53. The van der Waals surface area contributed by atoms with Gasteiger partial charge in [-0.05, 0) is 11.8 Å². The number of nitrogens with zero attached hydrogens (tertiary/aromatic N) is 4. The van der Waals surface area contributed by atoms with Crippen LogP contribution in [0.15, 0.2) is 21.1 Å². The number of hydrogen-bond donors (Lipinski definition) is 0. The van der Waals surface area contributed by atoms with Crippen LogP contribution in [0.25, 0.3) is 0 Å². The molecule has 0 fully saturated rings. The van der Waals surface area contributed by atoms with Gasteiger partial charge in [0, 0.05) is 6.07 Å². The number of aromatic nitrogens is 4. The Morgan fingerprint density at radius 2 is 2.33 bits per heavy atom. The van der Waals surface area contributed by atoms with Crippen LogP contribution in [0.5, 0.6) is 5.88 Å². The van der Waals surface area contributed by atoms with E-state index < -0.39 is 0 Å². The van der Waals surface area contributed by atoms with E-state index in [1.807, 2.05) is 0 Å². The molecule has 0 aliphatic rings. The molecule has 0 saturated heterocycles. The van der Waals surface area contributed by atoms with Gasteiger partial charge >= 0.3 is 0 Å². The van der Waals surface area contributed by atoms with Crippen molar-refractivity contribution in [2.75, 3.05) is 7.11 Å². The van der Waals surface area contributed by atoms with Crippen LogP contribution in [0.1, 0.15) is 0 Å². The van der Waals surface area contributed by atoms with Crippen molar-refractivity contribution < 1.29 is 4.74 Å². The smallest absolute Gasteiger partial charge is 0.218 e. The van der Waals surface area contributed by atoms with Crippen molar-refractivity contribution in [1.29, 1.82) is 0 Å². The highest BCUT2D eigenvalue weighted by Crippen LogP contribution is 2.27. The molecule has 0 aromatic carbocycles. The molecular formula is C7H5ClN4OS2. The van der Waals surface area contributed by atoms with E-state index in [9.17, 15) is 0 Å². The molecule has 0 bridgehead atoms. The molecule has 0 aliphatic carbocycles. The summed E-state index contributed by atoms with van der Waals surface area (Å²) < 4.78 is 5.74. The lowest BCUT2D eigenvalue weighted by molar-refractivity contribution is 0.392. The minimum Gasteiger partial charge on any atom is -0.481 e. The molecule has 15 heavy (non-hydrogen) atoms. The molecule has 0 amide bonds. The van der Waals surface area contributed by atoms with Crippen LogP contribution in [0.2, 0.25) is 5.15 Å². The Kier molecular flexibility index (Phi) is 3.34. The maximum absolute atomic E-state index is 5.79. The predicted molar refractivity (Wildman–Crippen MR) is 57.6 cm³/mol. The number of hydrogen-bond acceptors (Lipinski definition) is 7. The maximum atomic E-state index is 5.79. The third-order valence-corrected chi connectivity index (χ3v) is 3.22. The minimum absolute atomic E-state index is 0.342. The Morgan fingerprint density at radius 1 is 1.47 bits per heavy atom. The fraction of sp³-hybridized carbons (Fsp3) is 0.143. The third-order valence-electron chi connectivity index (χ3n) is 1.38. The molecule has 78 valence electrons. The molecule has 8 heteroatoms. The van der Waals surface area contributed by atoms with Crippen LogP contribution in [0.3, 0.4) is 0 Å². The van der Waals surface area contributed by atoms with Crippen molar-refractivity contribution in [1.82, 2.24) is 20.2 Å². The van der Waals surface area contributed by atoms with Gasteiger partial charge in [-0.1, -0.05) is 22.9 Å². The fourth-order valence-corrected chi connectivity index (χ4v) is 2.38. The van der Waals surface area contributed by atoms with Gasteiger partial charge in [-0.3, -0.25) is 0 Å². The summed E-state index contributed by atoms with van der Waals surface area (Å²) in [5.74, 6) is 0.432. The van der Waals surface area contributed by atoms with Crippen molar-refractivity contribution in [2.24, 2.45) is 0 Å². The molecule has 0 spiro atoms. The monoisotopic (exact) mass is 260 g/mol. The first-order valence-electron chi connectivity index (χ1n) is 3.80. The van der Waals surface area contributed by atoms with Gasteiger partial charge in [0.25, 0.3) is 0 Å². The lowest BCUT2D eigenvalue weighted by Crippen LogP contribution is -1.92. The molecule has 2 aromatic rings. The summed E-state index contributed by atoms with van der Waals surface area (Å²) in [6.07, 6.45) is 0. The molecule has 2 aromatic heterocycles. The van der Waals surface area contributed by atoms with E-state index in [0.29, 0.717) is 16.2 Å².